The number of carbonyl (C=O) groups excluding carboxylic acids is 1. The van der Waals surface area contributed by atoms with E-state index in [-0.39, 0.29) is 11.1 Å². The Balaban J connectivity index is 3.37. The van der Waals surface area contributed by atoms with Crippen molar-refractivity contribution >= 4 is 21.7 Å². The van der Waals surface area contributed by atoms with Crippen LogP contribution in [0, 0.1) is 13.8 Å². The van der Waals surface area contributed by atoms with Gasteiger partial charge in [-0.15, -0.1) is 0 Å². The zero-order valence-corrected chi connectivity index (χ0v) is 10.9. The molecule has 1 aromatic carbocycles. The van der Waals surface area contributed by atoms with Crippen LogP contribution in [-0.2, 0) is 0 Å². The van der Waals surface area contributed by atoms with Crippen molar-refractivity contribution in [2.45, 2.75) is 25.9 Å². The van der Waals surface area contributed by atoms with Crippen molar-refractivity contribution in [2.75, 3.05) is 0 Å². The second kappa shape index (κ2) is 4.60. The monoisotopic (exact) mass is 330 g/mol. The van der Waals surface area contributed by atoms with Crippen molar-refractivity contribution in [1.29, 1.82) is 0 Å². The molecule has 0 fully saturated rings. The molecule has 1 rings (SSSR count). The number of ketones is 1. The van der Waals surface area contributed by atoms with Crippen molar-refractivity contribution in [3.63, 3.8) is 0 Å². The van der Waals surface area contributed by atoms with Gasteiger partial charge >= 0.3 is 12.1 Å². The summed E-state index contributed by atoms with van der Waals surface area (Å²) in [7, 11) is 0. The highest BCUT2D eigenvalue weighted by molar-refractivity contribution is 9.10. The standard InChI is InChI=1S/C11H8BrF5O/c1-5-3-7(12)4-6(2)8(5)9(18)10(13,14)11(15,16)17/h3-4H,1-2H3. The number of aryl methyl sites for hydroxylation is 2. The van der Waals surface area contributed by atoms with Crippen LogP contribution in [0.2, 0.25) is 0 Å². The second-order valence-corrected chi connectivity index (χ2v) is 4.73. The summed E-state index contributed by atoms with van der Waals surface area (Å²) in [5, 5.41) is 0. The number of hydrogen-bond donors (Lipinski definition) is 0. The molecule has 0 saturated carbocycles. The van der Waals surface area contributed by atoms with Crippen LogP contribution in [0.15, 0.2) is 16.6 Å². The summed E-state index contributed by atoms with van der Waals surface area (Å²) >= 11 is 3.07. The number of Topliss-reactive ketones (excluding diaryl/α,β-unsaturated/α-hetero) is 1. The van der Waals surface area contributed by atoms with Gasteiger partial charge in [-0.2, -0.15) is 22.0 Å². The van der Waals surface area contributed by atoms with Gasteiger partial charge in [0.1, 0.15) is 0 Å². The lowest BCUT2D eigenvalue weighted by Gasteiger charge is -2.20. The molecule has 0 amide bonds. The summed E-state index contributed by atoms with van der Waals surface area (Å²) < 4.78 is 62.9. The molecule has 0 heterocycles. The van der Waals surface area contributed by atoms with E-state index in [0.29, 0.717) is 4.47 Å². The molecule has 0 aliphatic carbocycles. The van der Waals surface area contributed by atoms with Gasteiger partial charge in [-0.3, -0.25) is 4.79 Å². The summed E-state index contributed by atoms with van der Waals surface area (Å²) in [5.74, 6) is -7.60. The molecular weight excluding hydrogens is 323 g/mol. The fourth-order valence-corrected chi connectivity index (χ4v) is 2.24. The van der Waals surface area contributed by atoms with E-state index in [4.69, 9.17) is 0 Å². The zero-order valence-electron chi connectivity index (χ0n) is 9.33. The van der Waals surface area contributed by atoms with Crippen LogP contribution >= 0.6 is 15.9 Å². The third kappa shape index (κ3) is 2.55. The molecule has 1 nitrogen and oxygen atoms in total. The van der Waals surface area contributed by atoms with E-state index in [2.05, 4.69) is 15.9 Å². The Morgan fingerprint density at radius 2 is 1.44 bits per heavy atom. The van der Waals surface area contributed by atoms with E-state index in [1.165, 1.54) is 26.0 Å². The number of rotatable bonds is 2. The Morgan fingerprint density at radius 1 is 1.06 bits per heavy atom. The molecule has 0 bridgehead atoms. The third-order valence-corrected chi connectivity index (χ3v) is 2.82. The van der Waals surface area contributed by atoms with Gasteiger partial charge in [-0.1, -0.05) is 15.9 Å². The minimum atomic E-state index is -5.89. The van der Waals surface area contributed by atoms with E-state index in [1.54, 1.807) is 0 Å². The first-order valence-electron chi connectivity index (χ1n) is 4.74. The molecule has 0 saturated heterocycles. The highest BCUT2D eigenvalue weighted by atomic mass is 79.9. The van der Waals surface area contributed by atoms with Gasteiger partial charge in [0.25, 0.3) is 0 Å². The lowest BCUT2D eigenvalue weighted by Crippen LogP contribution is -2.44. The Bertz CT molecular complexity index is 470. The Labute approximate surface area is 108 Å². The SMILES string of the molecule is Cc1cc(Br)cc(C)c1C(=O)C(F)(F)C(F)(F)F. The Morgan fingerprint density at radius 3 is 1.78 bits per heavy atom. The number of hydrogen-bond acceptors (Lipinski definition) is 1. The normalized spacial score (nSPS) is 12.7. The van der Waals surface area contributed by atoms with E-state index in [9.17, 15) is 26.7 Å². The molecule has 0 aliphatic rings. The predicted molar refractivity (Wildman–Crippen MR) is 58.9 cm³/mol. The molecule has 0 aromatic heterocycles. The van der Waals surface area contributed by atoms with Crippen LogP contribution in [0.1, 0.15) is 21.5 Å². The lowest BCUT2D eigenvalue weighted by atomic mass is 9.95. The summed E-state index contributed by atoms with van der Waals surface area (Å²) in [5.41, 5.74) is -0.466. The predicted octanol–water partition coefficient (Wildman–Crippen LogP) is 4.45. The van der Waals surface area contributed by atoms with E-state index < -0.39 is 23.4 Å². The number of alkyl halides is 5. The van der Waals surface area contributed by atoms with Crippen LogP contribution in [0.25, 0.3) is 0 Å². The lowest BCUT2D eigenvalue weighted by molar-refractivity contribution is -0.255. The molecule has 0 N–H and O–H groups in total. The maximum Gasteiger partial charge on any atom is 0.461 e. The molecule has 7 heteroatoms. The molecule has 18 heavy (non-hydrogen) atoms. The molecule has 0 spiro atoms. The van der Waals surface area contributed by atoms with E-state index >= 15 is 0 Å². The summed E-state index contributed by atoms with van der Waals surface area (Å²) in [4.78, 5) is 11.4. The molecule has 100 valence electrons. The molecule has 1 aromatic rings. The van der Waals surface area contributed by atoms with Gasteiger partial charge < -0.3 is 0 Å². The topological polar surface area (TPSA) is 17.1 Å². The Kier molecular flexibility index (Phi) is 3.86. The fraction of sp³-hybridized carbons (Fsp3) is 0.364. The molecule has 0 radical (unpaired) electrons. The largest absolute Gasteiger partial charge is 0.461 e. The highest BCUT2D eigenvalue weighted by Crippen LogP contribution is 2.39. The van der Waals surface area contributed by atoms with Crippen LogP contribution < -0.4 is 0 Å². The van der Waals surface area contributed by atoms with Crippen molar-refractivity contribution in [3.05, 3.63) is 33.3 Å². The molecule has 0 aliphatic heterocycles. The van der Waals surface area contributed by atoms with Crippen molar-refractivity contribution in [3.8, 4) is 0 Å². The third-order valence-electron chi connectivity index (χ3n) is 2.37. The van der Waals surface area contributed by atoms with Gasteiger partial charge in [0.15, 0.2) is 0 Å². The molecular formula is C11H8BrF5O. The smallest absolute Gasteiger partial charge is 0.287 e. The fourth-order valence-electron chi connectivity index (χ4n) is 1.55. The number of carbonyl (C=O) groups is 1. The van der Waals surface area contributed by atoms with Gasteiger partial charge in [-0.05, 0) is 37.1 Å². The quantitative estimate of drug-likeness (QED) is 0.578. The number of halogens is 6. The number of benzene rings is 1. The maximum absolute atomic E-state index is 13.0. The maximum atomic E-state index is 13.0. The van der Waals surface area contributed by atoms with E-state index in [0.717, 1.165) is 0 Å². The van der Waals surface area contributed by atoms with E-state index in [1.807, 2.05) is 0 Å². The second-order valence-electron chi connectivity index (χ2n) is 3.82. The first kappa shape index (κ1) is 15.1. The average molecular weight is 331 g/mol. The van der Waals surface area contributed by atoms with Crippen molar-refractivity contribution in [2.24, 2.45) is 0 Å². The van der Waals surface area contributed by atoms with Crippen LogP contribution in [-0.4, -0.2) is 17.9 Å². The average Bonchev–Trinajstić information content (AvgIpc) is 2.13. The Hall–Kier alpha value is -0.980. The summed E-state index contributed by atoms with van der Waals surface area (Å²) in [6, 6.07) is 2.62. The zero-order chi connectivity index (χ0) is 14.3. The minimum Gasteiger partial charge on any atom is -0.287 e. The van der Waals surface area contributed by atoms with Gasteiger partial charge in [-0.25, -0.2) is 0 Å². The van der Waals surface area contributed by atoms with Crippen molar-refractivity contribution < 1.29 is 26.7 Å². The first-order chi connectivity index (χ1) is 7.98. The van der Waals surface area contributed by atoms with Crippen molar-refractivity contribution in [1.82, 2.24) is 0 Å². The van der Waals surface area contributed by atoms with Crippen LogP contribution in [0.4, 0.5) is 22.0 Å². The van der Waals surface area contributed by atoms with Crippen LogP contribution in [0.5, 0.6) is 0 Å². The van der Waals surface area contributed by atoms with Crippen LogP contribution in [0.3, 0.4) is 0 Å². The highest BCUT2D eigenvalue weighted by Gasteiger charge is 2.63. The van der Waals surface area contributed by atoms with Gasteiger partial charge in [0.2, 0.25) is 5.78 Å². The molecule has 0 atom stereocenters. The minimum absolute atomic E-state index is 0.0656. The molecule has 0 unspecified atom stereocenters. The summed E-state index contributed by atoms with van der Waals surface area (Å²) in [6.07, 6.45) is -5.89. The summed E-state index contributed by atoms with van der Waals surface area (Å²) in [6.45, 7) is 2.61. The first-order valence-corrected chi connectivity index (χ1v) is 5.54. The van der Waals surface area contributed by atoms with Gasteiger partial charge in [0, 0.05) is 10.0 Å². The van der Waals surface area contributed by atoms with Gasteiger partial charge in [0.05, 0.1) is 0 Å².